The van der Waals surface area contributed by atoms with Crippen molar-refractivity contribution in [3.8, 4) is 0 Å². The van der Waals surface area contributed by atoms with E-state index in [0.29, 0.717) is 6.54 Å². The minimum atomic E-state index is 0. The van der Waals surface area contributed by atoms with Crippen molar-refractivity contribution in [3.63, 3.8) is 0 Å². The van der Waals surface area contributed by atoms with Crippen LogP contribution in [0.25, 0.3) is 46.4 Å². The second-order valence-electron chi connectivity index (χ2n) is 7.52. The summed E-state index contributed by atoms with van der Waals surface area (Å²) >= 11 is 0. The molecule has 166 valence electrons. The van der Waals surface area contributed by atoms with Gasteiger partial charge in [-0.3, -0.25) is 0 Å². The van der Waals surface area contributed by atoms with E-state index in [-0.39, 0.29) is 22.4 Å². The first-order chi connectivity index (χ1) is 15.7. The molecule has 0 aliphatic carbocycles. The third-order valence-corrected chi connectivity index (χ3v) is 5.06. The van der Waals surface area contributed by atoms with E-state index in [2.05, 4.69) is 56.3 Å². The Balaban J connectivity index is 0.000000247. The summed E-state index contributed by atoms with van der Waals surface area (Å²) < 4.78 is 0. The summed E-state index contributed by atoms with van der Waals surface area (Å²) in [4.78, 5) is 16.0. The van der Waals surface area contributed by atoms with Crippen LogP contribution in [-0.4, -0.2) is 19.9 Å². The Bertz CT molecular complexity index is 1370. The van der Waals surface area contributed by atoms with Gasteiger partial charge in [-0.25, -0.2) is 9.97 Å². The monoisotopic (exact) mass is 613 g/mol. The molecule has 1 aromatic carbocycles. The maximum Gasteiger partial charge on any atom is 1.00 e. The molecule has 6 heteroatoms. The molecule has 4 aromatic rings. The number of benzene rings is 1. The molecule has 5 heterocycles. The van der Waals surface area contributed by atoms with Gasteiger partial charge < -0.3 is 15.7 Å². The van der Waals surface area contributed by atoms with Crippen molar-refractivity contribution >= 4 is 46.4 Å². The molecule has 0 spiro atoms. The predicted octanol–water partition coefficient (Wildman–Crippen LogP) is 5.60. The number of nitrogens with one attached hydrogen (secondary N) is 2. The fourth-order valence-corrected chi connectivity index (χ4v) is 3.50. The maximum atomic E-state index is 5.34. The summed E-state index contributed by atoms with van der Waals surface area (Å²) in [5.74, 6) is 0. The van der Waals surface area contributed by atoms with Gasteiger partial charge in [0.05, 0.1) is 22.8 Å². The maximum absolute atomic E-state index is 5.34. The van der Waals surface area contributed by atoms with Crippen molar-refractivity contribution in [1.82, 2.24) is 19.9 Å². The standard InChI is InChI=1S/C20H14N4.C7H8N.Au/c1-2-14-10-16-5-6-18(23-16)12-20-8-7-19(24-20)11-17-4-3-15(22-17)9-13(1)21-14;8-6-7-4-2-1-3-5-7;/h1-12,21-22H;2-5H,6,8H2;/q;-1;+1. The number of nitrogens with zero attached hydrogens (tertiary/aromatic N) is 2. The van der Waals surface area contributed by atoms with Crippen molar-refractivity contribution in [3.05, 3.63) is 107 Å². The zero-order valence-electron chi connectivity index (χ0n) is 17.7. The van der Waals surface area contributed by atoms with Gasteiger partial charge in [0, 0.05) is 22.1 Å². The Hall–Kier alpha value is -3.48. The van der Waals surface area contributed by atoms with Gasteiger partial charge in [-0.15, -0.1) is 5.56 Å². The van der Waals surface area contributed by atoms with E-state index in [4.69, 9.17) is 5.73 Å². The van der Waals surface area contributed by atoms with Gasteiger partial charge in [0.1, 0.15) is 0 Å². The molecule has 0 atom stereocenters. The molecule has 0 unspecified atom stereocenters. The average Bonchev–Trinajstić information content (AvgIpc) is 3.61. The Morgan fingerprint density at radius 1 is 0.606 bits per heavy atom. The third kappa shape index (κ3) is 5.86. The normalized spacial score (nSPS) is 11.4. The number of nitrogens with two attached hydrogens (primary N) is 1. The van der Waals surface area contributed by atoms with E-state index in [1.165, 1.54) is 0 Å². The summed E-state index contributed by atoms with van der Waals surface area (Å²) in [6.07, 6.45) is 8.05. The first-order valence-corrected chi connectivity index (χ1v) is 10.4. The molecule has 4 N–H and O–H groups in total. The SMILES string of the molecule is C1=Cc2cc3ccc(cc4ccc(cc5nc(cc1n2)C=C5)[nH]4)[nH]3.NCc1cc[c-]cc1.[Au+]. The van der Waals surface area contributed by atoms with Gasteiger partial charge in [-0.05, 0) is 79.4 Å². The minimum Gasteiger partial charge on any atom is -0.355 e. The number of aromatic amines is 2. The van der Waals surface area contributed by atoms with Crippen molar-refractivity contribution in [1.29, 1.82) is 0 Å². The molecule has 0 saturated carbocycles. The first-order valence-electron chi connectivity index (χ1n) is 10.4. The molecular formula is C27H22AuN5. The van der Waals surface area contributed by atoms with Gasteiger partial charge in [0.15, 0.2) is 0 Å². The van der Waals surface area contributed by atoms with Crippen LogP contribution in [0.1, 0.15) is 28.3 Å². The number of hydrogen-bond acceptors (Lipinski definition) is 3. The zero-order chi connectivity index (χ0) is 21.8. The molecule has 0 saturated heterocycles. The number of fused-ring (bicyclic) bond motifs is 8. The Morgan fingerprint density at radius 2 is 1.03 bits per heavy atom. The first kappa shape index (κ1) is 22.7. The Labute approximate surface area is 207 Å². The largest absolute Gasteiger partial charge is 1.00 e. The van der Waals surface area contributed by atoms with E-state index < -0.39 is 0 Å². The fraction of sp³-hybridized carbons (Fsp3) is 0.0370. The molecule has 2 aliphatic heterocycles. The summed E-state index contributed by atoms with van der Waals surface area (Å²) in [7, 11) is 0. The molecule has 5 nitrogen and oxygen atoms in total. The minimum absolute atomic E-state index is 0. The van der Waals surface area contributed by atoms with E-state index in [9.17, 15) is 0 Å². The Kier molecular flexibility index (Phi) is 7.17. The molecule has 0 radical (unpaired) electrons. The van der Waals surface area contributed by atoms with Crippen LogP contribution < -0.4 is 5.73 Å². The van der Waals surface area contributed by atoms with Gasteiger partial charge in [0.25, 0.3) is 0 Å². The van der Waals surface area contributed by atoms with Crippen LogP contribution in [0.5, 0.6) is 0 Å². The zero-order valence-corrected chi connectivity index (χ0v) is 19.9. The smallest absolute Gasteiger partial charge is 0.355 e. The van der Waals surface area contributed by atoms with E-state index in [1.807, 2.05) is 66.8 Å². The quantitative estimate of drug-likeness (QED) is 0.167. The number of rotatable bonds is 1. The fourth-order valence-electron chi connectivity index (χ4n) is 3.50. The van der Waals surface area contributed by atoms with Crippen LogP contribution in [0, 0.1) is 6.07 Å². The Morgan fingerprint density at radius 3 is 1.45 bits per heavy atom. The molecule has 3 aromatic heterocycles. The second kappa shape index (κ2) is 10.4. The molecule has 33 heavy (non-hydrogen) atoms. The van der Waals surface area contributed by atoms with Gasteiger partial charge in [0.2, 0.25) is 0 Å². The summed E-state index contributed by atoms with van der Waals surface area (Å²) in [5, 5.41) is 0. The van der Waals surface area contributed by atoms with Crippen molar-refractivity contribution in [2.45, 2.75) is 6.54 Å². The average molecular weight is 613 g/mol. The van der Waals surface area contributed by atoms with Gasteiger partial charge in [-0.1, -0.05) is 0 Å². The molecule has 0 amide bonds. The molecule has 8 bridgehead atoms. The topological polar surface area (TPSA) is 83.4 Å². The van der Waals surface area contributed by atoms with E-state index in [0.717, 1.165) is 50.4 Å². The molecular weight excluding hydrogens is 591 g/mol. The van der Waals surface area contributed by atoms with Crippen LogP contribution >= 0.6 is 0 Å². The molecule has 0 fully saturated rings. The summed E-state index contributed by atoms with van der Waals surface area (Å²) in [6.45, 7) is 0.620. The van der Waals surface area contributed by atoms with Crippen molar-refractivity contribution < 1.29 is 22.4 Å². The van der Waals surface area contributed by atoms with Crippen LogP contribution in [-0.2, 0) is 28.9 Å². The van der Waals surface area contributed by atoms with E-state index >= 15 is 0 Å². The molecule has 2 aliphatic rings. The number of H-pyrrole nitrogens is 2. The number of hydrogen-bond donors (Lipinski definition) is 3. The van der Waals surface area contributed by atoms with Gasteiger partial charge in [-0.2, -0.15) is 30.3 Å². The third-order valence-electron chi connectivity index (χ3n) is 5.06. The number of aromatic nitrogens is 4. The van der Waals surface area contributed by atoms with Crippen LogP contribution in [0.2, 0.25) is 0 Å². The van der Waals surface area contributed by atoms with E-state index in [1.54, 1.807) is 0 Å². The van der Waals surface area contributed by atoms with Crippen LogP contribution in [0.3, 0.4) is 0 Å². The predicted molar refractivity (Wildman–Crippen MR) is 132 cm³/mol. The van der Waals surface area contributed by atoms with Crippen LogP contribution in [0.15, 0.2) is 72.8 Å². The molecule has 6 rings (SSSR count). The van der Waals surface area contributed by atoms with Crippen molar-refractivity contribution in [2.75, 3.05) is 0 Å². The van der Waals surface area contributed by atoms with Crippen LogP contribution in [0.4, 0.5) is 0 Å². The summed E-state index contributed by atoms with van der Waals surface area (Å²) in [5.41, 5.74) is 14.4. The summed E-state index contributed by atoms with van der Waals surface area (Å²) in [6, 6.07) is 27.0. The van der Waals surface area contributed by atoms with Gasteiger partial charge >= 0.3 is 22.4 Å². The van der Waals surface area contributed by atoms with Crippen molar-refractivity contribution in [2.24, 2.45) is 5.73 Å². The second-order valence-corrected chi connectivity index (χ2v) is 7.52.